The van der Waals surface area contributed by atoms with Crippen molar-refractivity contribution in [2.45, 2.75) is 94.3 Å². The number of likely N-dealkylation sites (tertiary alicyclic amines) is 1. The molecule has 7 atom stereocenters. The molecule has 1 N–H and O–H groups in total. The number of halogens is 1. The van der Waals surface area contributed by atoms with Crippen molar-refractivity contribution in [3.8, 4) is 5.75 Å². The molecule has 9 heteroatoms. The molecule has 2 aromatic carbocycles. The Bertz CT molecular complexity index is 1710. The van der Waals surface area contributed by atoms with E-state index < -0.39 is 9.71 Å². The monoisotopic (exact) mass is 721 g/mol. The molecule has 2 aliphatic carbocycles. The first-order chi connectivity index (χ1) is 24.0. The number of methoxy groups -OCH3 is 1. The van der Waals surface area contributed by atoms with Gasteiger partial charge in [-0.05, 0) is 143 Å². The van der Waals surface area contributed by atoms with Gasteiger partial charge in [0, 0.05) is 48.0 Å². The molecule has 5 aliphatic rings. The Morgan fingerprint density at radius 3 is 2.68 bits per heavy atom. The number of fused-ring (bicyclic) bond motifs is 4. The van der Waals surface area contributed by atoms with Crippen LogP contribution >= 0.6 is 11.6 Å². The number of anilines is 1. The molecule has 3 aliphatic heterocycles. The van der Waals surface area contributed by atoms with Crippen molar-refractivity contribution in [3.05, 3.63) is 70.3 Å². The molecule has 0 aromatic heterocycles. The summed E-state index contributed by atoms with van der Waals surface area (Å²) in [7, 11) is -1.03. The fourth-order valence-corrected chi connectivity index (χ4v) is 11.2. The third-order valence-corrected chi connectivity index (χ3v) is 15.5. The number of nitrogens with one attached hydrogen (secondary N) is 1. The van der Waals surface area contributed by atoms with E-state index in [0.717, 1.165) is 94.1 Å². The molecule has 2 aromatic rings. The number of aryl methyl sites for hydroxylation is 1. The van der Waals surface area contributed by atoms with E-state index in [-0.39, 0.29) is 28.1 Å². The van der Waals surface area contributed by atoms with Crippen LogP contribution in [0, 0.1) is 17.8 Å². The van der Waals surface area contributed by atoms with Crippen LogP contribution in [0.1, 0.15) is 93.1 Å². The van der Waals surface area contributed by atoms with Gasteiger partial charge in [0.2, 0.25) is 0 Å². The summed E-state index contributed by atoms with van der Waals surface area (Å²) in [5.41, 5.74) is 3.44. The summed E-state index contributed by atoms with van der Waals surface area (Å²) in [6.07, 6.45) is 15.5. The van der Waals surface area contributed by atoms with E-state index >= 15 is 0 Å². The van der Waals surface area contributed by atoms with Crippen molar-refractivity contribution >= 4 is 38.8 Å². The Balaban J connectivity index is 1.30. The van der Waals surface area contributed by atoms with Gasteiger partial charge < -0.3 is 19.3 Å². The zero-order valence-electron chi connectivity index (χ0n) is 30.3. The van der Waals surface area contributed by atoms with Gasteiger partial charge in [0.1, 0.15) is 5.75 Å². The number of nitrogens with zero attached hydrogens (tertiary/aromatic N) is 2. The summed E-state index contributed by atoms with van der Waals surface area (Å²) in [6.45, 7) is 9.60. The number of amides is 1. The summed E-state index contributed by atoms with van der Waals surface area (Å²) in [5.74, 6) is 5.33. The van der Waals surface area contributed by atoms with Crippen molar-refractivity contribution in [1.82, 2.24) is 9.62 Å². The van der Waals surface area contributed by atoms with Gasteiger partial charge in [-0.2, -0.15) is 0 Å². The molecule has 7 rings (SSSR count). The Morgan fingerprint density at radius 1 is 1.10 bits per heavy atom. The zero-order chi connectivity index (χ0) is 35.1. The minimum atomic E-state index is -2.93. The van der Waals surface area contributed by atoms with Gasteiger partial charge in [0.15, 0.2) is 0 Å². The average molecular weight is 722 g/mol. The molecular weight excluding hydrogens is 666 g/mol. The minimum absolute atomic E-state index is 0.0543. The summed E-state index contributed by atoms with van der Waals surface area (Å²) in [6, 6.07) is 12.1. The zero-order valence-corrected chi connectivity index (χ0v) is 31.8. The van der Waals surface area contributed by atoms with Crippen molar-refractivity contribution in [1.29, 1.82) is 0 Å². The van der Waals surface area contributed by atoms with E-state index in [1.807, 2.05) is 32.2 Å². The van der Waals surface area contributed by atoms with Crippen molar-refractivity contribution in [2.24, 2.45) is 17.8 Å². The number of carbonyl (C=O) groups is 1. The smallest absolute Gasteiger partial charge is 0.262 e. The molecule has 1 saturated heterocycles. The molecular formula is C41H56ClN3O4S. The maximum atomic E-state index is 14.0. The Morgan fingerprint density at radius 2 is 1.92 bits per heavy atom. The summed E-state index contributed by atoms with van der Waals surface area (Å²) in [4.78, 5) is 18.9. The molecule has 1 amide bonds. The van der Waals surface area contributed by atoms with Gasteiger partial charge in [-0.3, -0.25) is 9.52 Å². The maximum absolute atomic E-state index is 14.0. The highest BCUT2D eigenvalue weighted by Crippen LogP contribution is 2.50. The van der Waals surface area contributed by atoms with Gasteiger partial charge in [0.05, 0.1) is 27.6 Å². The van der Waals surface area contributed by atoms with E-state index in [1.165, 1.54) is 30.4 Å². The van der Waals surface area contributed by atoms with Gasteiger partial charge in [-0.1, -0.05) is 43.2 Å². The quantitative estimate of drug-likeness (QED) is 0.262. The average Bonchev–Trinajstić information content (AvgIpc) is 3.25. The highest BCUT2D eigenvalue weighted by Gasteiger charge is 2.49. The number of hydrogen-bond donors (Lipinski definition) is 1. The van der Waals surface area contributed by atoms with Gasteiger partial charge >= 0.3 is 0 Å². The van der Waals surface area contributed by atoms with Crippen LogP contribution in [0.3, 0.4) is 0 Å². The number of piperidine rings is 1. The molecule has 0 radical (unpaired) electrons. The summed E-state index contributed by atoms with van der Waals surface area (Å²) in [5, 5.41) is 0.460. The van der Waals surface area contributed by atoms with Crippen LogP contribution in [0.4, 0.5) is 5.69 Å². The minimum Gasteiger partial charge on any atom is -0.490 e. The van der Waals surface area contributed by atoms with Gasteiger partial charge in [-0.15, -0.1) is 0 Å². The fourth-order valence-electron chi connectivity index (χ4n) is 9.56. The van der Waals surface area contributed by atoms with E-state index in [0.29, 0.717) is 24.0 Å². The Hall–Kier alpha value is -2.52. The van der Waals surface area contributed by atoms with Crippen LogP contribution in [0.25, 0.3) is 0 Å². The van der Waals surface area contributed by atoms with Crippen LogP contribution in [0.5, 0.6) is 5.75 Å². The standard InChI is InChI=1S/C41H56ClN3O4S/c1-29-10-8-19-41(48-3,20-23-44-21-6-5-7-22-44)36-15-12-33(36)26-45-27-40(18-9-11-31-24-34(42)14-16-35(31)40)28-49-38-17-13-32(25-37(38)45)39(46)43-50(4,47)30(29)2/h8,13-14,16-17,19,24-25,29-30,33,36H,4-7,9-12,15,18,20-23,26-28H2,1-3H3,(H,43,46,47)/b19-8+/t29-,30+,33-,36+,40-,41-,50?/m0/s1. The first-order valence-corrected chi connectivity index (χ1v) is 21.1. The van der Waals surface area contributed by atoms with Crippen molar-refractivity contribution in [3.63, 3.8) is 0 Å². The molecule has 1 unspecified atom stereocenters. The number of ether oxygens (including phenoxy) is 2. The summed E-state index contributed by atoms with van der Waals surface area (Å²) >= 11 is 6.51. The largest absolute Gasteiger partial charge is 0.490 e. The van der Waals surface area contributed by atoms with Gasteiger partial charge in [0.25, 0.3) is 5.91 Å². The van der Waals surface area contributed by atoms with E-state index in [2.05, 4.69) is 51.6 Å². The van der Waals surface area contributed by atoms with Crippen LogP contribution in [-0.4, -0.2) is 78.2 Å². The second kappa shape index (κ2) is 14.5. The van der Waals surface area contributed by atoms with E-state index in [9.17, 15) is 9.00 Å². The number of allylic oxidation sites excluding steroid dienone is 1. The van der Waals surface area contributed by atoms with Crippen LogP contribution in [0.2, 0.25) is 5.02 Å². The fraction of sp³-hybridized carbons (Fsp3) is 0.610. The van der Waals surface area contributed by atoms with Crippen LogP contribution in [-0.2, 0) is 26.3 Å². The third kappa shape index (κ3) is 6.99. The maximum Gasteiger partial charge on any atom is 0.262 e. The molecule has 2 fully saturated rings. The van der Waals surface area contributed by atoms with E-state index in [1.54, 1.807) is 6.07 Å². The molecule has 1 saturated carbocycles. The van der Waals surface area contributed by atoms with E-state index in [4.69, 9.17) is 21.1 Å². The van der Waals surface area contributed by atoms with Crippen molar-refractivity contribution < 1.29 is 18.5 Å². The number of benzene rings is 2. The predicted molar refractivity (Wildman–Crippen MR) is 206 cm³/mol. The lowest BCUT2D eigenvalue weighted by Crippen LogP contribution is -2.54. The molecule has 50 heavy (non-hydrogen) atoms. The van der Waals surface area contributed by atoms with Crippen LogP contribution in [0.15, 0.2) is 48.6 Å². The topological polar surface area (TPSA) is 71.1 Å². The SMILES string of the molecule is C=S1(=O)NC(=O)c2ccc3c(c2)N(C[C@@H]2CC[C@H]2[C@](CCN2CCCCC2)(OC)/C=C/C[C@H](C)[C@H]1C)C[C@@]1(CCCc2cc(Cl)ccc21)CO3. The van der Waals surface area contributed by atoms with Gasteiger partial charge in [-0.25, -0.2) is 4.21 Å². The lowest BCUT2D eigenvalue weighted by molar-refractivity contribution is -0.0841. The third-order valence-electron chi connectivity index (χ3n) is 13.0. The first-order valence-electron chi connectivity index (χ1n) is 19.0. The Kier molecular flexibility index (Phi) is 10.4. The molecule has 3 heterocycles. The highest BCUT2D eigenvalue weighted by atomic mass is 35.5. The first kappa shape index (κ1) is 35.9. The molecule has 1 spiro atoms. The second-order valence-corrected chi connectivity index (χ2v) is 18.9. The normalized spacial score (nSPS) is 35.5. The second-order valence-electron chi connectivity index (χ2n) is 16.0. The van der Waals surface area contributed by atoms with Crippen LogP contribution < -0.4 is 14.4 Å². The van der Waals surface area contributed by atoms with Crippen molar-refractivity contribution in [2.75, 3.05) is 51.3 Å². The Labute approximate surface area is 305 Å². The molecule has 7 nitrogen and oxygen atoms in total. The highest BCUT2D eigenvalue weighted by molar-refractivity contribution is 7.99. The summed E-state index contributed by atoms with van der Waals surface area (Å²) < 4.78 is 30.2. The number of carbonyl (C=O) groups excluding carboxylic acids is 1. The number of hydrogen-bond acceptors (Lipinski definition) is 6. The number of rotatable bonds is 4. The lowest BCUT2D eigenvalue weighted by atomic mass is 9.62. The molecule has 2 bridgehead atoms. The lowest BCUT2D eigenvalue weighted by Gasteiger charge is -2.51. The molecule has 272 valence electrons. The predicted octanol–water partition coefficient (Wildman–Crippen LogP) is 7.45.